The first-order chi connectivity index (χ1) is 13.5. The highest BCUT2D eigenvalue weighted by molar-refractivity contribution is 6.08. The average molecular weight is 387 g/mol. The standard InChI is InChI=1S/C21H34N6O/c1-12(2)19(24-13(3)11-22)27-20(23-4)14-10-15(14)21-25-16-8-6-7-9-17(28-5)18(16)26-21/h11,14-18H,1,6-10,22H2,2-5H3,(H,25,26)(H,23,24,27)/b13-11-/t14-,15?,16?,17?,18?/m0/s1. The highest BCUT2D eigenvalue weighted by Gasteiger charge is 2.49. The molecule has 5 atom stereocenters. The van der Waals surface area contributed by atoms with Crippen LogP contribution >= 0.6 is 0 Å². The fourth-order valence-corrected chi connectivity index (χ4v) is 4.14. The van der Waals surface area contributed by atoms with Crippen LogP contribution in [0.15, 0.2) is 39.0 Å². The van der Waals surface area contributed by atoms with Crippen molar-refractivity contribution < 1.29 is 4.74 Å². The van der Waals surface area contributed by atoms with Crippen LogP contribution in [0.4, 0.5) is 0 Å². The van der Waals surface area contributed by atoms with Crippen molar-refractivity contribution >= 4 is 17.5 Å². The minimum Gasteiger partial charge on any atom is -0.403 e. The van der Waals surface area contributed by atoms with Gasteiger partial charge < -0.3 is 21.1 Å². The lowest BCUT2D eigenvalue weighted by atomic mass is 10.0. The highest BCUT2D eigenvalue weighted by Crippen LogP contribution is 2.43. The molecule has 0 radical (unpaired) electrons. The smallest absolute Gasteiger partial charge is 0.134 e. The van der Waals surface area contributed by atoms with Gasteiger partial charge >= 0.3 is 0 Å². The predicted molar refractivity (Wildman–Crippen MR) is 116 cm³/mol. The molecule has 28 heavy (non-hydrogen) atoms. The maximum absolute atomic E-state index is 5.73. The van der Waals surface area contributed by atoms with Gasteiger partial charge in [0.05, 0.1) is 18.2 Å². The molecule has 7 nitrogen and oxygen atoms in total. The number of methoxy groups -OCH3 is 1. The van der Waals surface area contributed by atoms with E-state index < -0.39 is 0 Å². The molecule has 2 fully saturated rings. The maximum Gasteiger partial charge on any atom is 0.134 e. The zero-order valence-electron chi connectivity index (χ0n) is 17.5. The van der Waals surface area contributed by atoms with Crippen molar-refractivity contribution in [3.05, 3.63) is 24.0 Å². The number of allylic oxidation sites excluding steroid dienone is 1. The van der Waals surface area contributed by atoms with Crippen molar-refractivity contribution in [2.75, 3.05) is 14.2 Å². The Hall–Kier alpha value is -2.15. The molecule has 3 rings (SSSR count). The summed E-state index contributed by atoms with van der Waals surface area (Å²) in [6, 6.07) is 0.637. The molecule has 2 saturated carbocycles. The third-order valence-electron chi connectivity index (χ3n) is 5.87. The number of nitrogens with one attached hydrogen (secondary N) is 2. The van der Waals surface area contributed by atoms with Crippen LogP contribution in [-0.2, 0) is 4.74 Å². The van der Waals surface area contributed by atoms with Crippen LogP contribution in [0.1, 0.15) is 46.0 Å². The van der Waals surface area contributed by atoms with E-state index in [9.17, 15) is 0 Å². The number of nitrogens with zero attached hydrogens (tertiary/aromatic N) is 3. The van der Waals surface area contributed by atoms with Gasteiger partial charge in [-0.15, -0.1) is 0 Å². The number of aliphatic imine (C=N–C) groups is 3. The van der Waals surface area contributed by atoms with Crippen molar-refractivity contribution in [2.24, 2.45) is 32.5 Å². The molecule has 0 saturated heterocycles. The molecular formula is C21H34N6O. The molecule has 1 aliphatic heterocycles. The summed E-state index contributed by atoms with van der Waals surface area (Å²) in [5.41, 5.74) is 7.26. The topological polar surface area (TPSA) is 96.4 Å². The van der Waals surface area contributed by atoms with Gasteiger partial charge in [-0.25, -0.2) is 4.99 Å². The summed E-state index contributed by atoms with van der Waals surface area (Å²) in [6.07, 6.45) is 7.48. The minimum atomic E-state index is 0.220. The SMILES string of the molecule is C=C(C)C(=NC(=NC)[C@H]1CC1C1=NC2C(CCCCC2OC)N1)N/C(C)=C\N. The van der Waals surface area contributed by atoms with E-state index in [4.69, 9.17) is 20.5 Å². The summed E-state index contributed by atoms with van der Waals surface area (Å²) in [5, 5.41) is 6.90. The fraction of sp³-hybridized carbons (Fsp3) is 0.667. The lowest BCUT2D eigenvalue weighted by molar-refractivity contribution is 0.0727. The second-order valence-electron chi connectivity index (χ2n) is 8.06. The Bertz CT molecular complexity index is 722. The van der Waals surface area contributed by atoms with Gasteiger partial charge in [-0.05, 0) is 38.7 Å². The number of nitrogens with two attached hydrogens (primary N) is 1. The molecule has 4 unspecified atom stereocenters. The Balaban J connectivity index is 1.72. The molecule has 0 aromatic rings. The lowest BCUT2D eigenvalue weighted by Gasteiger charge is -2.22. The van der Waals surface area contributed by atoms with Crippen LogP contribution in [0.5, 0.6) is 0 Å². The molecule has 0 aromatic heterocycles. The molecule has 3 aliphatic rings. The zero-order chi connectivity index (χ0) is 20.3. The van der Waals surface area contributed by atoms with Gasteiger partial charge in [0.25, 0.3) is 0 Å². The summed E-state index contributed by atoms with van der Waals surface area (Å²) in [4.78, 5) is 14.3. The number of hydrogen-bond donors (Lipinski definition) is 3. The van der Waals surface area contributed by atoms with Crippen molar-refractivity contribution in [3.8, 4) is 0 Å². The summed E-state index contributed by atoms with van der Waals surface area (Å²) in [6.45, 7) is 7.84. The molecule has 0 spiro atoms. The number of hydrogen-bond acceptors (Lipinski definition) is 5. The van der Waals surface area contributed by atoms with E-state index in [2.05, 4.69) is 22.2 Å². The minimum absolute atomic E-state index is 0.220. The van der Waals surface area contributed by atoms with E-state index in [0.29, 0.717) is 17.8 Å². The molecule has 0 amide bonds. The van der Waals surface area contributed by atoms with E-state index >= 15 is 0 Å². The zero-order valence-corrected chi connectivity index (χ0v) is 17.5. The number of rotatable bonds is 5. The van der Waals surface area contributed by atoms with E-state index in [1.807, 2.05) is 13.8 Å². The number of amidine groups is 3. The average Bonchev–Trinajstić information content (AvgIpc) is 3.41. The van der Waals surface area contributed by atoms with Crippen LogP contribution in [-0.4, -0.2) is 49.9 Å². The lowest BCUT2D eigenvalue weighted by Crippen LogP contribution is -2.40. The highest BCUT2D eigenvalue weighted by atomic mass is 16.5. The third-order valence-corrected chi connectivity index (χ3v) is 5.87. The van der Waals surface area contributed by atoms with Crippen LogP contribution in [0, 0.1) is 11.8 Å². The molecule has 0 aromatic carbocycles. The molecular weight excluding hydrogens is 352 g/mol. The van der Waals surface area contributed by atoms with Crippen molar-refractivity contribution in [2.45, 2.75) is 64.1 Å². The van der Waals surface area contributed by atoms with Crippen molar-refractivity contribution in [1.82, 2.24) is 10.6 Å². The van der Waals surface area contributed by atoms with Gasteiger partial charge in [-0.3, -0.25) is 9.98 Å². The summed E-state index contributed by atoms with van der Waals surface area (Å²) in [7, 11) is 3.60. The van der Waals surface area contributed by atoms with Gasteiger partial charge in [0.2, 0.25) is 0 Å². The summed E-state index contributed by atoms with van der Waals surface area (Å²) >= 11 is 0. The third kappa shape index (κ3) is 4.46. The quantitative estimate of drug-likeness (QED) is 0.499. The van der Waals surface area contributed by atoms with E-state index in [1.165, 1.54) is 19.0 Å². The molecule has 0 bridgehead atoms. The molecule has 2 aliphatic carbocycles. The summed E-state index contributed by atoms with van der Waals surface area (Å²) in [5.74, 6) is 3.31. The first kappa shape index (κ1) is 20.6. The van der Waals surface area contributed by atoms with Gasteiger partial charge in [0, 0.05) is 37.9 Å². The van der Waals surface area contributed by atoms with Gasteiger partial charge in [-0.1, -0.05) is 19.4 Å². The number of fused-ring (bicyclic) bond motifs is 1. The van der Waals surface area contributed by atoms with Crippen LogP contribution in [0.3, 0.4) is 0 Å². The first-order valence-corrected chi connectivity index (χ1v) is 10.2. The Kier molecular flexibility index (Phi) is 6.54. The first-order valence-electron chi connectivity index (χ1n) is 10.2. The molecule has 7 heteroatoms. The summed E-state index contributed by atoms with van der Waals surface area (Å²) < 4.78 is 5.73. The molecule has 154 valence electrons. The predicted octanol–water partition coefficient (Wildman–Crippen LogP) is 2.36. The van der Waals surface area contributed by atoms with Gasteiger partial charge in [0.1, 0.15) is 17.5 Å². The Morgan fingerprint density at radius 3 is 2.75 bits per heavy atom. The largest absolute Gasteiger partial charge is 0.403 e. The fourth-order valence-electron chi connectivity index (χ4n) is 4.14. The molecule has 4 N–H and O–H groups in total. The Morgan fingerprint density at radius 1 is 1.36 bits per heavy atom. The van der Waals surface area contributed by atoms with Crippen LogP contribution in [0.25, 0.3) is 0 Å². The van der Waals surface area contributed by atoms with Crippen LogP contribution in [0.2, 0.25) is 0 Å². The second-order valence-corrected chi connectivity index (χ2v) is 8.06. The second kappa shape index (κ2) is 8.90. The Labute approximate surface area is 168 Å². The normalized spacial score (nSPS) is 33.5. The van der Waals surface area contributed by atoms with E-state index in [0.717, 1.165) is 42.2 Å². The van der Waals surface area contributed by atoms with Crippen molar-refractivity contribution in [3.63, 3.8) is 0 Å². The van der Waals surface area contributed by atoms with E-state index in [-0.39, 0.29) is 18.1 Å². The van der Waals surface area contributed by atoms with Crippen LogP contribution < -0.4 is 16.4 Å². The Morgan fingerprint density at radius 2 is 2.11 bits per heavy atom. The van der Waals surface area contributed by atoms with Crippen molar-refractivity contribution in [1.29, 1.82) is 0 Å². The van der Waals surface area contributed by atoms with Gasteiger partial charge in [0.15, 0.2) is 0 Å². The van der Waals surface area contributed by atoms with E-state index in [1.54, 1.807) is 14.2 Å². The molecule has 1 heterocycles. The van der Waals surface area contributed by atoms with Gasteiger partial charge in [-0.2, -0.15) is 0 Å². The maximum atomic E-state index is 5.73. The monoisotopic (exact) mass is 386 g/mol. The number of ether oxygens (including phenoxy) is 1.